The predicted octanol–water partition coefficient (Wildman–Crippen LogP) is 4.08. The summed E-state index contributed by atoms with van der Waals surface area (Å²) in [6.45, 7) is 7.32. The molecule has 0 heterocycles. The van der Waals surface area contributed by atoms with Crippen LogP contribution in [0.25, 0.3) is 6.08 Å². The van der Waals surface area contributed by atoms with Crippen molar-refractivity contribution in [1.82, 2.24) is 10.6 Å². The van der Waals surface area contributed by atoms with E-state index in [9.17, 15) is 9.59 Å². The van der Waals surface area contributed by atoms with Gasteiger partial charge in [-0.25, -0.2) is 0 Å². The number of ether oxygens (including phenoxy) is 1. The summed E-state index contributed by atoms with van der Waals surface area (Å²) in [6.07, 6.45) is 1.66. The van der Waals surface area contributed by atoms with E-state index in [0.717, 1.165) is 16.9 Å². The second-order valence-corrected chi connectivity index (χ2v) is 7.64. The van der Waals surface area contributed by atoms with Gasteiger partial charge in [0.15, 0.2) is 0 Å². The summed E-state index contributed by atoms with van der Waals surface area (Å²) in [5.74, 6) is 0.152. The number of benzene rings is 2. The molecule has 0 fully saturated rings. The predicted molar refractivity (Wildman–Crippen MR) is 112 cm³/mol. The Balaban J connectivity index is 2.26. The molecular formula is C23H28N2O3. The standard InChI is InChI=1S/C23H28N2O3/c1-16(18-9-7-6-8-10-18)24-21(26)20(25-22(27)23(2,3)4)15-17-11-13-19(28-5)14-12-17/h6-16H,1-5H3,(H,24,26)(H,25,27)/b20-15-. The normalized spacial score (nSPS) is 12.8. The molecule has 2 amide bonds. The number of methoxy groups -OCH3 is 1. The van der Waals surface area contributed by atoms with Crippen molar-refractivity contribution in [3.8, 4) is 5.75 Å². The highest BCUT2D eigenvalue weighted by atomic mass is 16.5. The maximum Gasteiger partial charge on any atom is 0.268 e. The van der Waals surface area contributed by atoms with Gasteiger partial charge in [0.1, 0.15) is 11.4 Å². The lowest BCUT2D eigenvalue weighted by molar-refractivity contribution is -0.129. The van der Waals surface area contributed by atoms with Crippen LogP contribution in [0.2, 0.25) is 0 Å². The molecule has 0 saturated heterocycles. The second-order valence-electron chi connectivity index (χ2n) is 7.64. The average molecular weight is 380 g/mol. The molecule has 5 heteroatoms. The highest BCUT2D eigenvalue weighted by Gasteiger charge is 2.24. The third kappa shape index (κ3) is 5.98. The van der Waals surface area contributed by atoms with Crippen molar-refractivity contribution in [1.29, 1.82) is 0 Å². The Kier molecular flexibility index (Phi) is 6.99. The van der Waals surface area contributed by atoms with E-state index in [1.165, 1.54) is 0 Å². The molecule has 148 valence electrons. The van der Waals surface area contributed by atoms with Gasteiger partial charge in [0, 0.05) is 5.41 Å². The Morgan fingerprint density at radius 1 is 1.00 bits per heavy atom. The van der Waals surface area contributed by atoms with Gasteiger partial charge in [0.05, 0.1) is 13.2 Å². The van der Waals surface area contributed by atoms with E-state index in [1.807, 2.05) is 49.4 Å². The van der Waals surface area contributed by atoms with E-state index < -0.39 is 5.41 Å². The van der Waals surface area contributed by atoms with Gasteiger partial charge >= 0.3 is 0 Å². The first-order valence-corrected chi connectivity index (χ1v) is 9.23. The van der Waals surface area contributed by atoms with E-state index in [-0.39, 0.29) is 23.6 Å². The maximum atomic E-state index is 12.9. The lowest BCUT2D eigenvalue weighted by Gasteiger charge is -2.21. The summed E-state index contributed by atoms with van der Waals surface area (Å²) in [5, 5.41) is 5.72. The van der Waals surface area contributed by atoms with Crippen LogP contribution >= 0.6 is 0 Å². The molecule has 28 heavy (non-hydrogen) atoms. The van der Waals surface area contributed by atoms with E-state index >= 15 is 0 Å². The Morgan fingerprint density at radius 3 is 2.14 bits per heavy atom. The quantitative estimate of drug-likeness (QED) is 0.742. The average Bonchev–Trinajstić information content (AvgIpc) is 2.67. The minimum Gasteiger partial charge on any atom is -0.497 e. The fourth-order valence-corrected chi connectivity index (χ4v) is 2.43. The van der Waals surface area contributed by atoms with Crippen LogP contribution in [0.4, 0.5) is 0 Å². The van der Waals surface area contributed by atoms with Gasteiger partial charge in [-0.15, -0.1) is 0 Å². The van der Waals surface area contributed by atoms with Crippen molar-refractivity contribution < 1.29 is 14.3 Å². The zero-order chi connectivity index (χ0) is 20.7. The first-order chi connectivity index (χ1) is 13.2. The summed E-state index contributed by atoms with van der Waals surface area (Å²) in [5.41, 5.74) is 1.35. The minimum atomic E-state index is -0.621. The topological polar surface area (TPSA) is 67.4 Å². The monoisotopic (exact) mass is 380 g/mol. The number of hydrogen-bond acceptors (Lipinski definition) is 3. The molecule has 2 rings (SSSR count). The Labute approximate surface area is 166 Å². The van der Waals surface area contributed by atoms with Crippen molar-refractivity contribution in [3.05, 3.63) is 71.4 Å². The summed E-state index contributed by atoms with van der Waals surface area (Å²) >= 11 is 0. The lowest BCUT2D eigenvalue weighted by Crippen LogP contribution is -2.40. The number of nitrogens with one attached hydrogen (secondary N) is 2. The molecule has 1 atom stereocenters. The van der Waals surface area contributed by atoms with Crippen LogP contribution in [0.5, 0.6) is 5.75 Å². The first-order valence-electron chi connectivity index (χ1n) is 9.23. The third-order valence-corrected chi connectivity index (χ3v) is 4.25. The van der Waals surface area contributed by atoms with Gasteiger partial charge in [-0.1, -0.05) is 63.2 Å². The Morgan fingerprint density at radius 2 is 1.61 bits per heavy atom. The zero-order valence-electron chi connectivity index (χ0n) is 17.1. The van der Waals surface area contributed by atoms with Crippen LogP contribution in [0.3, 0.4) is 0 Å². The van der Waals surface area contributed by atoms with Gasteiger partial charge in [-0.05, 0) is 36.3 Å². The van der Waals surface area contributed by atoms with Gasteiger partial charge in [-0.3, -0.25) is 9.59 Å². The fourth-order valence-electron chi connectivity index (χ4n) is 2.43. The van der Waals surface area contributed by atoms with E-state index in [4.69, 9.17) is 4.74 Å². The van der Waals surface area contributed by atoms with E-state index in [2.05, 4.69) is 10.6 Å². The third-order valence-electron chi connectivity index (χ3n) is 4.25. The summed E-state index contributed by atoms with van der Waals surface area (Å²) in [7, 11) is 1.60. The van der Waals surface area contributed by atoms with Gasteiger partial charge in [0.25, 0.3) is 5.91 Å². The van der Waals surface area contributed by atoms with Gasteiger partial charge in [0.2, 0.25) is 5.91 Å². The maximum absolute atomic E-state index is 12.9. The first kappa shape index (κ1) is 21.2. The number of amides is 2. The Hall–Kier alpha value is -3.08. The van der Waals surface area contributed by atoms with Crippen molar-refractivity contribution in [2.45, 2.75) is 33.7 Å². The molecule has 0 aliphatic heterocycles. The van der Waals surface area contributed by atoms with Crippen molar-refractivity contribution in [2.75, 3.05) is 7.11 Å². The van der Waals surface area contributed by atoms with E-state index in [0.29, 0.717) is 0 Å². The number of rotatable bonds is 6. The van der Waals surface area contributed by atoms with Crippen LogP contribution in [0.15, 0.2) is 60.3 Å². The van der Waals surface area contributed by atoms with Crippen LogP contribution in [-0.4, -0.2) is 18.9 Å². The largest absolute Gasteiger partial charge is 0.497 e. The fraction of sp³-hybridized carbons (Fsp3) is 0.304. The number of carbonyl (C=O) groups is 2. The molecule has 0 spiro atoms. The molecule has 2 N–H and O–H groups in total. The molecule has 0 aromatic heterocycles. The molecule has 0 saturated carbocycles. The highest BCUT2D eigenvalue weighted by Crippen LogP contribution is 2.18. The Bertz CT molecular complexity index is 834. The van der Waals surface area contributed by atoms with Crippen LogP contribution in [0, 0.1) is 5.41 Å². The SMILES string of the molecule is COc1ccc(/C=C(\NC(=O)C(C)(C)C)C(=O)NC(C)c2ccccc2)cc1. The van der Waals surface area contributed by atoms with Crippen molar-refractivity contribution in [3.63, 3.8) is 0 Å². The zero-order valence-corrected chi connectivity index (χ0v) is 17.1. The molecule has 2 aromatic rings. The summed E-state index contributed by atoms with van der Waals surface area (Å²) in [6, 6.07) is 16.7. The molecule has 0 bridgehead atoms. The molecule has 0 aliphatic rings. The van der Waals surface area contributed by atoms with Crippen molar-refractivity contribution >= 4 is 17.9 Å². The highest BCUT2D eigenvalue weighted by molar-refractivity contribution is 6.02. The second kappa shape index (κ2) is 9.22. The van der Waals surface area contributed by atoms with E-state index in [1.54, 1.807) is 46.1 Å². The number of carbonyl (C=O) groups excluding carboxylic acids is 2. The summed E-state index contributed by atoms with van der Waals surface area (Å²) < 4.78 is 5.16. The molecule has 1 unspecified atom stereocenters. The van der Waals surface area contributed by atoms with Gasteiger partial charge < -0.3 is 15.4 Å². The van der Waals surface area contributed by atoms with Crippen LogP contribution in [0.1, 0.15) is 44.9 Å². The molecule has 5 nitrogen and oxygen atoms in total. The molecule has 0 radical (unpaired) electrons. The van der Waals surface area contributed by atoms with Gasteiger partial charge in [-0.2, -0.15) is 0 Å². The summed E-state index contributed by atoms with van der Waals surface area (Å²) in [4.78, 5) is 25.4. The molecular weight excluding hydrogens is 352 g/mol. The smallest absolute Gasteiger partial charge is 0.268 e. The number of hydrogen-bond donors (Lipinski definition) is 2. The van der Waals surface area contributed by atoms with Crippen LogP contribution in [-0.2, 0) is 9.59 Å². The molecule has 2 aromatic carbocycles. The minimum absolute atomic E-state index is 0.195. The van der Waals surface area contributed by atoms with Crippen LogP contribution < -0.4 is 15.4 Å². The lowest BCUT2D eigenvalue weighted by atomic mass is 9.95. The molecule has 0 aliphatic carbocycles. The van der Waals surface area contributed by atoms with Crippen molar-refractivity contribution in [2.24, 2.45) is 5.41 Å².